The molecule has 12 heavy (non-hydrogen) atoms. The highest BCUT2D eigenvalue weighted by Crippen LogP contribution is 2.22. The molecule has 0 atom stereocenters. The predicted molar refractivity (Wildman–Crippen MR) is 50.2 cm³/mol. The first-order valence-electron chi connectivity index (χ1n) is 4.07. The maximum Gasteiger partial charge on any atom is 0.0669 e. The number of aryl methyl sites for hydroxylation is 2. The zero-order valence-corrected chi connectivity index (χ0v) is 7.63. The van der Waals surface area contributed by atoms with E-state index in [1.165, 1.54) is 22.2 Å². The monoisotopic (exact) mass is 160 g/mol. The average molecular weight is 160 g/mol. The van der Waals surface area contributed by atoms with Gasteiger partial charge >= 0.3 is 0 Å². The third-order valence-electron chi connectivity index (χ3n) is 2.61. The van der Waals surface area contributed by atoms with Gasteiger partial charge in [-0.05, 0) is 25.5 Å². The van der Waals surface area contributed by atoms with Crippen molar-refractivity contribution < 1.29 is 0 Å². The van der Waals surface area contributed by atoms with Gasteiger partial charge in [0.2, 0.25) is 0 Å². The Bertz CT molecular complexity index is 388. The minimum absolute atomic E-state index is 1.22. The summed E-state index contributed by atoms with van der Waals surface area (Å²) in [6.07, 6.45) is 3.75. The van der Waals surface area contributed by atoms with Crippen LogP contribution in [-0.2, 0) is 7.05 Å². The van der Waals surface area contributed by atoms with Gasteiger partial charge in [0.25, 0.3) is 0 Å². The van der Waals surface area contributed by atoms with Crippen molar-refractivity contribution in [3.63, 3.8) is 0 Å². The third-order valence-corrected chi connectivity index (χ3v) is 2.61. The maximum atomic E-state index is 4.11. The second-order valence-corrected chi connectivity index (χ2v) is 3.16. The summed E-state index contributed by atoms with van der Waals surface area (Å²) in [7, 11) is 2.08. The van der Waals surface area contributed by atoms with Crippen molar-refractivity contribution in [2.45, 2.75) is 13.8 Å². The zero-order valence-electron chi connectivity index (χ0n) is 7.63. The summed E-state index contributed by atoms with van der Waals surface area (Å²) < 4.78 is 2.18. The molecule has 0 saturated heterocycles. The lowest BCUT2D eigenvalue weighted by molar-refractivity contribution is 0.908. The van der Waals surface area contributed by atoms with Crippen LogP contribution in [0, 0.1) is 13.8 Å². The second kappa shape index (κ2) is 2.34. The van der Waals surface area contributed by atoms with E-state index in [1.54, 1.807) is 0 Å². The average Bonchev–Trinajstić information content (AvgIpc) is 2.33. The van der Waals surface area contributed by atoms with Crippen molar-refractivity contribution in [3.05, 3.63) is 29.7 Å². The van der Waals surface area contributed by atoms with Crippen LogP contribution in [0.3, 0.4) is 0 Å². The maximum absolute atomic E-state index is 4.11. The molecule has 0 saturated carbocycles. The molecule has 2 heteroatoms. The van der Waals surface area contributed by atoms with E-state index in [-0.39, 0.29) is 0 Å². The van der Waals surface area contributed by atoms with Gasteiger partial charge in [0.1, 0.15) is 0 Å². The number of fused-ring (bicyclic) bond motifs is 1. The van der Waals surface area contributed by atoms with E-state index in [1.807, 2.05) is 12.4 Å². The second-order valence-electron chi connectivity index (χ2n) is 3.16. The van der Waals surface area contributed by atoms with E-state index in [0.29, 0.717) is 0 Å². The van der Waals surface area contributed by atoms with Gasteiger partial charge in [0.15, 0.2) is 0 Å². The highest BCUT2D eigenvalue weighted by atomic mass is 15.0. The number of rotatable bonds is 0. The third kappa shape index (κ3) is 0.779. The van der Waals surface area contributed by atoms with Crippen LogP contribution in [0.1, 0.15) is 11.3 Å². The SMILES string of the molecule is Cc1c(C)n(C)c2cnccc12. The predicted octanol–water partition coefficient (Wildman–Crippen LogP) is 2.19. The van der Waals surface area contributed by atoms with Crippen molar-refractivity contribution >= 4 is 10.9 Å². The summed E-state index contributed by atoms with van der Waals surface area (Å²) in [6, 6.07) is 2.07. The summed E-state index contributed by atoms with van der Waals surface area (Å²) in [5.74, 6) is 0. The Morgan fingerprint density at radius 3 is 2.75 bits per heavy atom. The van der Waals surface area contributed by atoms with Crippen molar-refractivity contribution in [1.82, 2.24) is 9.55 Å². The van der Waals surface area contributed by atoms with Crippen LogP contribution >= 0.6 is 0 Å². The van der Waals surface area contributed by atoms with E-state index in [9.17, 15) is 0 Å². The van der Waals surface area contributed by atoms with Gasteiger partial charge in [-0.3, -0.25) is 4.98 Å². The van der Waals surface area contributed by atoms with Crippen LogP contribution in [-0.4, -0.2) is 9.55 Å². The smallest absolute Gasteiger partial charge is 0.0669 e. The van der Waals surface area contributed by atoms with E-state index in [2.05, 4.69) is 36.5 Å². The summed E-state index contributed by atoms with van der Waals surface area (Å²) in [5, 5.41) is 1.31. The summed E-state index contributed by atoms with van der Waals surface area (Å²) in [6.45, 7) is 4.28. The largest absolute Gasteiger partial charge is 0.346 e. The molecular weight excluding hydrogens is 148 g/mol. The molecule has 2 heterocycles. The molecule has 2 aromatic rings. The molecule has 2 rings (SSSR count). The number of nitrogens with zero attached hydrogens (tertiary/aromatic N) is 2. The van der Waals surface area contributed by atoms with E-state index < -0.39 is 0 Å². The first-order valence-corrected chi connectivity index (χ1v) is 4.07. The lowest BCUT2D eigenvalue weighted by atomic mass is 10.2. The lowest BCUT2D eigenvalue weighted by Crippen LogP contribution is -1.90. The molecule has 0 unspecified atom stereocenters. The first kappa shape index (κ1) is 7.35. The summed E-state index contributed by atoms with van der Waals surface area (Å²) in [5.41, 5.74) is 3.89. The van der Waals surface area contributed by atoms with Crippen LogP contribution in [0.4, 0.5) is 0 Å². The standard InChI is InChI=1S/C10H12N2/c1-7-8(2)12(3)10-6-11-5-4-9(7)10/h4-6H,1-3H3. The first-order chi connectivity index (χ1) is 5.72. The fourth-order valence-corrected chi connectivity index (χ4v) is 1.60. The molecule has 0 aliphatic heterocycles. The molecule has 0 amide bonds. The summed E-state index contributed by atoms with van der Waals surface area (Å²) in [4.78, 5) is 4.11. The molecule has 0 spiro atoms. The van der Waals surface area contributed by atoms with Gasteiger partial charge < -0.3 is 4.57 Å². The Morgan fingerprint density at radius 1 is 1.33 bits per heavy atom. The minimum atomic E-state index is 1.22. The molecule has 0 aliphatic carbocycles. The minimum Gasteiger partial charge on any atom is -0.346 e. The zero-order chi connectivity index (χ0) is 8.72. The van der Waals surface area contributed by atoms with Gasteiger partial charge in [-0.15, -0.1) is 0 Å². The van der Waals surface area contributed by atoms with Crippen molar-refractivity contribution in [1.29, 1.82) is 0 Å². The van der Waals surface area contributed by atoms with Crippen LogP contribution in [0.25, 0.3) is 10.9 Å². The van der Waals surface area contributed by atoms with Gasteiger partial charge in [-0.25, -0.2) is 0 Å². The fourth-order valence-electron chi connectivity index (χ4n) is 1.60. The van der Waals surface area contributed by atoms with Gasteiger partial charge in [0, 0.05) is 24.3 Å². The molecule has 2 aromatic heterocycles. The van der Waals surface area contributed by atoms with E-state index in [4.69, 9.17) is 0 Å². The summed E-state index contributed by atoms with van der Waals surface area (Å²) >= 11 is 0. The van der Waals surface area contributed by atoms with Crippen LogP contribution in [0.2, 0.25) is 0 Å². The Balaban J connectivity index is 2.99. The molecular formula is C10H12N2. The lowest BCUT2D eigenvalue weighted by Gasteiger charge is -1.96. The van der Waals surface area contributed by atoms with Crippen molar-refractivity contribution in [3.8, 4) is 0 Å². The molecule has 0 fully saturated rings. The Hall–Kier alpha value is -1.31. The number of hydrogen-bond donors (Lipinski definition) is 0. The molecule has 62 valence electrons. The quantitative estimate of drug-likeness (QED) is 0.577. The molecule has 0 aliphatic rings. The Kier molecular flexibility index (Phi) is 1.43. The van der Waals surface area contributed by atoms with E-state index in [0.717, 1.165) is 0 Å². The molecule has 0 aromatic carbocycles. The highest BCUT2D eigenvalue weighted by Gasteiger charge is 2.06. The van der Waals surface area contributed by atoms with Crippen LogP contribution < -0.4 is 0 Å². The van der Waals surface area contributed by atoms with Gasteiger partial charge in [-0.2, -0.15) is 0 Å². The van der Waals surface area contributed by atoms with Gasteiger partial charge in [0.05, 0.1) is 11.7 Å². The van der Waals surface area contributed by atoms with Crippen LogP contribution in [0.15, 0.2) is 18.5 Å². The van der Waals surface area contributed by atoms with Crippen molar-refractivity contribution in [2.24, 2.45) is 7.05 Å². The number of aromatic nitrogens is 2. The normalized spacial score (nSPS) is 10.9. The highest BCUT2D eigenvalue weighted by molar-refractivity contribution is 5.84. The Labute approximate surface area is 71.8 Å². The van der Waals surface area contributed by atoms with Crippen molar-refractivity contribution in [2.75, 3.05) is 0 Å². The fraction of sp³-hybridized carbons (Fsp3) is 0.300. The number of hydrogen-bond acceptors (Lipinski definition) is 1. The molecule has 0 N–H and O–H groups in total. The Morgan fingerprint density at radius 2 is 2.08 bits per heavy atom. The molecule has 0 bridgehead atoms. The van der Waals surface area contributed by atoms with Gasteiger partial charge in [-0.1, -0.05) is 0 Å². The van der Waals surface area contributed by atoms with E-state index >= 15 is 0 Å². The molecule has 2 nitrogen and oxygen atoms in total. The van der Waals surface area contributed by atoms with Crippen LogP contribution in [0.5, 0.6) is 0 Å². The molecule has 0 radical (unpaired) electrons. The topological polar surface area (TPSA) is 17.8 Å². The number of pyridine rings is 1.